The Bertz CT molecular complexity index is 415. The van der Waals surface area contributed by atoms with Gasteiger partial charge in [-0.2, -0.15) is 0 Å². The zero-order valence-corrected chi connectivity index (χ0v) is 12.5. The highest BCUT2D eigenvalue weighted by Gasteiger charge is 2.22. The zero-order chi connectivity index (χ0) is 14.4. The average molecular weight is 262 g/mol. The van der Waals surface area contributed by atoms with E-state index >= 15 is 0 Å². The van der Waals surface area contributed by atoms with Crippen LogP contribution in [0.4, 0.5) is 5.69 Å². The molecule has 0 aromatic heterocycles. The molecule has 0 heterocycles. The van der Waals surface area contributed by atoms with Gasteiger partial charge in [-0.1, -0.05) is 38.5 Å². The van der Waals surface area contributed by atoms with Gasteiger partial charge in [0.2, 0.25) is 5.91 Å². The van der Waals surface area contributed by atoms with Crippen LogP contribution < -0.4 is 5.73 Å². The maximum atomic E-state index is 12.5. The molecular formula is C16H26N2O. The Kier molecular flexibility index (Phi) is 5.87. The highest BCUT2D eigenvalue weighted by molar-refractivity contribution is 5.79. The first-order valence-corrected chi connectivity index (χ1v) is 7.11. The normalized spacial score (nSPS) is 12.5. The summed E-state index contributed by atoms with van der Waals surface area (Å²) in [6, 6.07) is 7.94. The SMILES string of the molecule is CCCC(C)C(=O)N(Cc1ccccc1N)C(C)C. The molecule has 0 aliphatic carbocycles. The summed E-state index contributed by atoms with van der Waals surface area (Å²) in [5.74, 6) is 0.303. The van der Waals surface area contributed by atoms with Gasteiger partial charge in [-0.15, -0.1) is 0 Å². The van der Waals surface area contributed by atoms with Crippen LogP contribution in [0.2, 0.25) is 0 Å². The number of anilines is 1. The number of hydrogen-bond donors (Lipinski definition) is 1. The van der Waals surface area contributed by atoms with Gasteiger partial charge in [0.15, 0.2) is 0 Å². The molecule has 2 N–H and O–H groups in total. The summed E-state index contributed by atoms with van der Waals surface area (Å²) in [6.07, 6.45) is 1.97. The molecule has 3 nitrogen and oxygen atoms in total. The number of amides is 1. The molecule has 0 aliphatic rings. The van der Waals surface area contributed by atoms with Gasteiger partial charge in [0.25, 0.3) is 0 Å². The van der Waals surface area contributed by atoms with Crippen LogP contribution in [-0.4, -0.2) is 16.8 Å². The van der Waals surface area contributed by atoms with Crippen molar-refractivity contribution in [1.82, 2.24) is 4.90 Å². The Morgan fingerprint density at radius 3 is 2.42 bits per heavy atom. The van der Waals surface area contributed by atoms with Gasteiger partial charge in [-0.3, -0.25) is 4.79 Å². The van der Waals surface area contributed by atoms with E-state index in [1.807, 2.05) is 36.1 Å². The van der Waals surface area contributed by atoms with Gasteiger partial charge < -0.3 is 10.6 Å². The maximum absolute atomic E-state index is 12.5. The second-order valence-electron chi connectivity index (χ2n) is 5.45. The first kappa shape index (κ1) is 15.5. The maximum Gasteiger partial charge on any atom is 0.225 e. The summed E-state index contributed by atoms with van der Waals surface area (Å²) in [5, 5.41) is 0. The second kappa shape index (κ2) is 7.17. The number of hydrogen-bond acceptors (Lipinski definition) is 2. The van der Waals surface area contributed by atoms with E-state index in [2.05, 4.69) is 20.8 Å². The lowest BCUT2D eigenvalue weighted by Gasteiger charge is -2.30. The number of nitrogens with zero attached hydrogens (tertiary/aromatic N) is 1. The molecule has 0 spiro atoms. The summed E-state index contributed by atoms with van der Waals surface area (Å²) in [5.41, 5.74) is 7.74. The number of carbonyl (C=O) groups excluding carboxylic acids is 1. The van der Waals surface area contributed by atoms with Gasteiger partial charge in [-0.05, 0) is 31.9 Å². The highest BCUT2D eigenvalue weighted by Crippen LogP contribution is 2.18. The van der Waals surface area contributed by atoms with Crippen LogP contribution in [0, 0.1) is 5.92 Å². The van der Waals surface area contributed by atoms with Crippen LogP contribution in [0.3, 0.4) is 0 Å². The fourth-order valence-electron chi connectivity index (χ4n) is 2.22. The number of carbonyl (C=O) groups is 1. The van der Waals surface area contributed by atoms with Crippen LogP contribution in [0.25, 0.3) is 0 Å². The Hall–Kier alpha value is -1.51. The standard InChI is InChI=1S/C16H26N2O/c1-5-8-13(4)16(19)18(12(2)3)11-14-9-6-7-10-15(14)17/h6-7,9-10,12-13H,5,8,11,17H2,1-4H3. The number of nitrogen functional groups attached to an aromatic ring is 1. The van der Waals surface area contributed by atoms with Crippen molar-refractivity contribution < 1.29 is 4.79 Å². The molecule has 1 aromatic carbocycles. The molecule has 0 saturated carbocycles. The molecule has 0 fully saturated rings. The van der Waals surface area contributed by atoms with Crippen molar-refractivity contribution in [2.75, 3.05) is 5.73 Å². The van der Waals surface area contributed by atoms with Crippen LogP contribution in [0.5, 0.6) is 0 Å². The molecular weight excluding hydrogens is 236 g/mol. The van der Waals surface area contributed by atoms with Crippen LogP contribution in [0.15, 0.2) is 24.3 Å². The van der Waals surface area contributed by atoms with E-state index in [1.165, 1.54) is 0 Å². The number of nitrogens with two attached hydrogens (primary N) is 1. The van der Waals surface area contributed by atoms with Crippen LogP contribution >= 0.6 is 0 Å². The van der Waals surface area contributed by atoms with Crippen LogP contribution in [-0.2, 0) is 11.3 Å². The molecule has 3 heteroatoms. The molecule has 0 saturated heterocycles. The van der Waals surface area contributed by atoms with Crippen molar-refractivity contribution in [2.24, 2.45) is 5.92 Å². The number of rotatable bonds is 6. The van der Waals surface area contributed by atoms with Crippen molar-refractivity contribution in [3.05, 3.63) is 29.8 Å². The summed E-state index contributed by atoms with van der Waals surface area (Å²) in [7, 11) is 0. The van der Waals surface area contributed by atoms with Crippen molar-refractivity contribution in [3.63, 3.8) is 0 Å². The van der Waals surface area contributed by atoms with E-state index in [0.29, 0.717) is 6.54 Å². The van der Waals surface area contributed by atoms with Gasteiger partial charge in [0.05, 0.1) is 0 Å². The van der Waals surface area contributed by atoms with E-state index < -0.39 is 0 Å². The highest BCUT2D eigenvalue weighted by atomic mass is 16.2. The summed E-state index contributed by atoms with van der Waals surface area (Å²) >= 11 is 0. The van der Waals surface area contributed by atoms with Crippen molar-refractivity contribution >= 4 is 11.6 Å². The fourth-order valence-corrected chi connectivity index (χ4v) is 2.22. The smallest absolute Gasteiger partial charge is 0.225 e. The molecule has 1 aromatic rings. The fraction of sp³-hybridized carbons (Fsp3) is 0.562. The minimum absolute atomic E-state index is 0.0809. The number of benzene rings is 1. The monoisotopic (exact) mass is 262 g/mol. The first-order chi connectivity index (χ1) is 8.97. The van der Waals surface area contributed by atoms with Gasteiger partial charge >= 0.3 is 0 Å². The minimum Gasteiger partial charge on any atom is -0.398 e. The number of para-hydroxylation sites is 1. The lowest BCUT2D eigenvalue weighted by Crippen LogP contribution is -2.39. The quantitative estimate of drug-likeness (QED) is 0.798. The third-order valence-electron chi connectivity index (χ3n) is 3.45. The Labute approximate surface area is 116 Å². The van der Waals surface area contributed by atoms with Crippen molar-refractivity contribution in [1.29, 1.82) is 0 Å². The predicted molar refractivity (Wildman–Crippen MR) is 80.6 cm³/mol. The largest absolute Gasteiger partial charge is 0.398 e. The molecule has 0 aliphatic heterocycles. The molecule has 0 bridgehead atoms. The van der Waals surface area contributed by atoms with Crippen LogP contribution in [0.1, 0.15) is 46.1 Å². The van der Waals surface area contributed by atoms with Crippen molar-refractivity contribution in [3.8, 4) is 0 Å². The molecule has 19 heavy (non-hydrogen) atoms. The van der Waals surface area contributed by atoms with E-state index in [9.17, 15) is 4.79 Å². The van der Waals surface area contributed by atoms with Crippen molar-refractivity contribution in [2.45, 2.75) is 53.1 Å². The lowest BCUT2D eigenvalue weighted by atomic mass is 10.0. The summed E-state index contributed by atoms with van der Waals surface area (Å²) in [6.45, 7) is 8.82. The lowest BCUT2D eigenvalue weighted by molar-refractivity contribution is -0.137. The molecule has 1 amide bonds. The second-order valence-corrected chi connectivity index (χ2v) is 5.45. The van der Waals surface area contributed by atoms with E-state index in [0.717, 1.165) is 24.1 Å². The van der Waals surface area contributed by atoms with E-state index in [1.54, 1.807) is 0 Å². The Morgan fingerprint density at radius 2 is 1.89 bits per heavy atom. The minimum atomic E-state index is 0.0809. The first-order valence-electron chi connectivity index (χ1n) is 7.11. The van der Waals surface area contributed by atoms with Gasteiger partial charge in [0.1, 0.15) is 0 Å². The molecule has 1 atom stereocenters. The van der Waals surface area contributed by atoms with E-state index in [4.69, 9.17) is 5.73 Å². The van der Waals surface area contributed by atoms with E-state index in [-0.39, 0.29) is 17.9 Å². The predicted octanol–water partition coefficient (Wildman–Crippen LogP) is 3.44. The molecule has 106 valence electrons. The molecule has 1 rings (SSSR count). The topological polar surface area (TPSA) is 46.3 Å². The average Bonchev–Trinajstić information content (AvgIpc) is 2.37. The van der Waals surface area contributed by atoms with Gasteiger partial charge in [-0.25, -0.2) is 0 Å². The summed E-state index contributed by atoms with van der Waals surface area (Å²) in [4.78, 5) is 14.4. The third-order valence-corrected chi connectivity index (χ3v) is 3.45. The Morgan fingerprint density at radius 1 is 1.26 bits per heavy atom. The molecule has 0 radical (unpaired) electrons. The third kappa shape index (κ3) is 4.27. The molecule has 1 unspecified atom stereocenters. The summed E-state index contributed by atoms with van der Waals surface area (Å²) < 4.78 is 0. The van der Waals surface area contributed by atoms with Gasteiger partial charge in [0, 0.05) is 24.2 Å². The zero-order valence-electron chi connectivity index (χ0n) is 12.5. The Balaban J connectivity index is 2.84.